The molecule has 1 fully saturated rings. The first-order chi connectivity index (χ1) is 12.5. The standard InChI is InChI=1S/C18H17F2N3OS2/c19-13-7-6-10(8-14(13)20)16(24)22-18(25)23-17-12(9-21)11-4-2-1-3-5-15(11)26-17/h6-8,11,15H,1-5H2,(H2,22,23,24,25)/t11-,15+/m1/s1. The lowest BCUT2D eigenvalue weighted by molar-refractivity contribution is 0.0976. The molecule has 1 aromatic carbocycles. The third kappa shape index (κ3) is 4.05. The van der Waals surface area contributed by atoms with Crippen molar-refractivity contribution in [1.29, 1.82) is 5.26 Å². The van der Waals surface area contributed by atoms with Crippen LogP contribution in [0.15, 0.2) is 28.8 Å². The van der Waals surface area contributed by atoms with Gasteiger partial charge in [0.15, 0.2) is 16.7 Å². The molecule has 0 bridgehead atoms. The Kier molecular flexibility index (Phi) is 5.89. The summed E-state index contributed by atoms with van der Waals surface area (Å²) in [6.07, 6.45) is 5.49. The highest BCUT2D eigenvalue weighted by atomic mass is 32.2. The predicted octanol–water partition coefficient (Wildman–Crippen LogP) is 4.00. The summed E-state index contributed by atoms with van der Waals surface area (Å²) in [4.78, 5) is 12.1. The molecule has 1 heterocycles. The number of carbonyl (C=O) groups excluding carboxylic acids is 1. The normalized spacial score (nSPS) is 22.2. The third-order valence-electron chi connectivity index (χ3n) is 4.59. The smallest absolute Gasteiger partial charge is 0.257 e. The Morgan fingerprint density at radius 2 is 2.00 bits per heavy atom. The average Bonchev–Trinajstić information content (AvgIpc) is 2.77. The zero-order valence-corrected chi connectivity index (χ0v) is 15.5. The van der Waals surface area contributed by atoms with E-state index in [4.69, 9.17) is 12.2 Å². The number of allylic oxidation sites excluding steroid dienone is 1. The van der Waals surface area contributed by atoms with Gasteiger partial charge in [0.25, 0.3) is 5.91 Å². The minimum Gasteiger partial charge on any atom is -0.326 e. The first-order valence-corrected chi connectivity index (χ1v) is 9.66. The van der Waals surface area contributed by atoms with Gasteiger partial charge >= 0.3 is 0 Å². The van der Waals surface area contributed by atoms with E-state index >= 15 is 0 Å². The SMILES string of the molecule is N#CC1=C(NC(=S)NC(=O)c2ccc(F)c(F)c2)S[C@H]2CCCCC[C@H]12. The summed E-state index contributed by atoms with van der Waals surface area (Å²) in [6.45, 7) is 0. The predicted molar refractivity (Wildman–Crippen MR) is 100 cm³/mol. The van der Waals surface area contributed by atoms with Crippen LogP contribution in [0.3, 0.4) is 0 Å². The quantitative estimate of drug-likeness (QED) is 0.744. The summed E-state index contributed by atoms with van der Waals surface area (Å²) in [5.41, 5.74) is 0.651. The number of nitriles is 1. The van der Waals surface area contributed by atoms with Crippen LogP contribution in [0.1, 0.15) is 42.5 Å². The Labute approximate surface area is 160 Å². The minimum atomic E-state index is -1.10. The van der Waals surface area contributed by atoms with Crippen LogP contribution in [0.25, 0.3) is 0 Å². The number of carbonyl (C=O) groups is 1. The summed E-state index contributed by atoms with van der Waals surface area (Å²) < 4.78 is 26.2. The van der Waals surface area contributed by atoms with Crippen LogP contribution in [-0.4, -0.2) is 16.3 Å². The molecule has 26 heavy (non-hydrogen) atoms. The maximum absolute atomic E-state index is 13.3. The van der Waals surface area contributed by atoms with Gasteiger partial charge in [0.1, 0.15) is 0 Å². The van der Waals surface area contributed by atoms with Crippen molar-refractivity contribution in [2.24, 2.45) is 5.92 Å². The van der Waals surface area contributed by atoms with E-state index in [9.17, 15) is 18.8 Å². The highest BCUT2D eigenvalue weighted by Gasteiger charge is 2.36. The first kappa shape index (κ1) is 18.8. The Hall–Kier alpha value is -1.98. The van der Waals surface area contributed by atoms with Crippen molar-refractivity contribution >= 4 is 35.0 Å². The fraction of sp³-hybridized carbons (Fsp3) is 0.389. The second kappa shape index (κ2) is 8.14. The monoisotopic (exact) mass is 393 g/mol. The van der Waals surface area contributed by atoms with Gasteiger partial charge in [-0.25, -0.2) is 8.78 Å². The number of amides is 1. The van der Waals surface area contributed by atoms with Crippen molar-refractivity contribution in [2.75, 3.05) is 0 Å². The summed E-state index contributed by atoms with van der Waals surface area (Å²) in [6, 6.07) is 5.16. The second-order valence-corrected chi connectivity index (χ2v) is 7.95. The van der Waals surface area contributed by atoms with Gasteiger partial charge in [-0.2, -0.15) is 5.26 Å². The van der Waals surface area contributed by atoms with Crippen molar-refractivity contribution < 1.29 is 13.6 Å². The minimum absolute atomic E-state index is 0.0337. The van der Waals surface area contributed by atoms with E-state index in [0.29, 0.717) is 15.9 Å². The Morgan fingerprint density at radius 3 is 2.73 bits per heavy atom. The van der Waals surface area contributed by atoms with E-state index in [1.165, 1.54) is 12.5 Å². The number of halogens is 2. The van der Waals surface area contributed by atoms with Gasteiger partial charge in [-0.3, -0.25) is 10.1 Å². The van der Waals surface area contributed by atoms with Crippen LogP contribution in [-0.2, 0) is 0 Å². The number of nitrogens with one attached hydrogen (secondary N) is 2. The number of hydrogen-bond donors (Lipinski definition) is 2. The summed E-state index contributed by atoms with van der Waals surface area (Å²) in [5, 5.41) is 16.0. The molecule has 1 aliphatic carbocycles. The fourth-order valence-electron chi connectivity index (χ4n) is 3.31. The van der Waals surface area contributed by atoms with Crippen molar-refractivity contribution in [3.05, 3.63) is 46.0 Å². The van der Waals surface area contributed by atoms with Crippen LogP contribution >= 0.6 is 24.0 Å². The summed E-state index contributed by atoms with van der Waals surface area (Å²) >= 11 is 6.74. The topological polar surface area (TPSA) is 64.9 Å². The van der Waals surface area contributed by atoms with Crippen LogP contribution in [0, 0.1) is 28.9 Å². The molecule has 3 rings (SSSR count). The number of benzene rings is 1. The largest absolute Gasteiger partial charge is 0.326 e. The van der Waals surface area contributed by atoms with E-state index in [2.05, 4.69) is 16.7 Å². The molecule has 136 valence electrons. The molecule has 1 saturated carbocycles. The number of hydrogen-bond acceptors (Lipinski definition) is 4. The van der Waals surface area contributed by atoms with Crippen LogP contribution in [0.5, 0.6) is 0 Å². The van der Waals surface area contributed by atoms with Crippen molar-refractivity contribution in [3.63, 3.8) is 0 Å². The maximum atomic E-state index is 13.3. The van der Waals surface area contributed by atoms with Gasteiger partial charge in [0.2, 0.25) is 0 Å². The molecule has 0 spiro atoms. The molecule has 8 heteroatoms. The lowest BCUT2D eigenvalue weighted by Crippen LogP contribution is -2.38. The molecule has 2 N–H and O–H groups in total. The molecule has 0 saturated heterocycles. The molecular formula is C18H17F2N3OS2. The van der Waals surface area contributed by atoms with Gasteiger partial charge in [0.05, 0.1) is 16.7 Å². The number of rotatable bonds is 2. The number of thiocarbonyl (C=S) groups is 1. The fourth-order valence-corrected chi connectivity index (χ4v) is 5.07. The van der Waals surface area contributed by atoms with Crippen molar-refractivity contribution in [2.45, 2.75) is 37.4 Å². The summed E-state index contributed by atoms with van der Waals surface area (Å²) in [7, 11) is 0. The molecule has 2 aliphatic rings. The Balaban J connectivity index is 1.67. The zero-order valence-electron chi connectivity index (χ0n) is 13.9. The lowest BCUT2D eigenvalue weighted by Gasteiger charge is -2.14. The number of nitrogens with zero attached hydrogens (tertiary/aromatic N) is 1. The van der Waals surface area contributed by atoms with Crippen molar-refractivity contribution in [1.82, 2.24) is 10.6 Å². The van der Waals surface area contributed by atoms with Gasteiger partial charge in [-0.15, -0.1) is 11.8 Å². The second-order valence-electron chi connectivity index (χ2n) is 6.29. The van der Waals surface area contributed by atoms with Gasteiger partial charge in [-0.1, -0.05) is 19.3 Å². The first-order valence-electron chi connectivity index (χ1n) is 8.38. The highest BCUT2D eigenvalue weighted by molar-refractivity contribution is 8.04. The highest BCUT2D eigenvalue weighted by Crippen LogP contribution is 2.46. The number of thioether (sulfide) groups is 1. The van der Waals surface area contributed by atoms with Crippen molar-refractivity contribution in [3.8, 4) is 6.07 Å². The van der Waals surface area contributed by atoms with Crippen LogP contribution < -0.4 is 10.6 Å². The molecule has 0 radical (unpaired) electrons. The Morgan fingerprint density at radius 1 is 1.23 bits per heavy atom. The molecule has 1 aromatic rings. The average molecular weight is 393 g/mol. The van der Waals surface area contributed by atoms with Gasteiger partial charge < -0.3 is 5.32 Å². The Bertz CT molecular complexity index is 819. The lowest BCUT2D eigenvalue weighted by atomic mass is 9.93. The maximum Gasteiger partial charge on any atom is 0.257 e. The molecule has 0 aromatic heterocycles. The third-order valence-corrected chi connectivity index (χ3v) is 6.22. The van der Waals surface area contributed by atoms with Crippen LogP contribution in [0.2, 0.25) is 0 Å². The van der Waals surface area contributed by atoms with Gasteiger partial charge in [-0.05, 0) is 43.3 Å². The molecule has 1 amide bonds. The molecule has 4 nitrogen and oxygen atoms in total. The van der Waals surface area contributed by atoms with Gasteiger partial charge in [0, 0.05) is 16.7 Å². The molecule has 1 aliphatic heterocycles. The van der Waals surface area contributed by atoms with E-state index in [1.54, 1.807) is 11.8 Å². The van der Waals surface area contributed by atoms with Crippen LogP contribution in [0.4, 0.5) is 8.78 Å². The molecule has 0 unspecified atom stereocenters. The molecule has 2 atom stereocenters. The summed E-state index contributed by atoms with van der Waals surface area (Å²) in [5.74, 6) is -2.54. The van der Waals surface area contributed by atoms with E-state index in [1.807, 2.05) is 0 Å². The molecular weight excluding hydrogens is 376 g/mol. The number of fused-ring (bicyclic) bond motifs is 1. The van der Waals surface area contributed by atoms with E-state index in [0.717, 1.165) is 37.8 Å². The van der Waals surface area contributed by atoms with E-state index < -0.39 is 17.5 Å². The zero-order chi connectivity index (χ0) is 18.7. The van der Waals surface area contributed by atoms with E-state index in [-0.39, 0.29) is 16.6 Å².